The average Bonchev–Trinajstić information content (AvgIpc) is 3.27. The maximum Gasteiger partial charge on any atom is 0.251 e. The van der Waals surface area contributed by atoms with Gasteiger partial charge < -0.3 is 10.6 Å². The standard InChI is InChI=1S/C14H21N3O3S/c1-2-15-8-9-16-14(18)11-4-3-5-13(10-11)21(19,20)17-12-6-7-12/h3-5,10,12,15,17H,2,6-9H2,1H3,(H,16,18). The fourth-order valence-electron chi connectivity index (χ4n) is 1.84. The lowest BCUT2D eigenvalue weighted by molar-refractivity contribution is 0.0953. The summed E-state index contributed by atoms with van der Waals surface area (Å²) in [6, 6.07) is 6.15. The van der Waals surface area contributed by atoms with Gasteiger partial charge in [-0.1, -0.05) is 13.0 Å². The van der Waals surface area contributed by atoms with Crippen molar-refractivity contribution in [1.82, 2.24) is 15.4 Å². The van der Waals surface area contributed by atoms with Gasteiger partial charge in [0.25, 0.3) is 5.91 Å². The Bertz CT molecular complexity index is 597. The van der Waals surface area contributed by atoms with Gasteiger partial charge in [0.2, 0.25) is 10.0 Å². The second kappa shape index (κ2) is 7.02. The Balaban J connectivity index is 2.01. The second-order valence-electron chi connectivity index (χ2n) is 5.03. The van der Waals surface area contributed by atoms with Gasteiger partial charge in [-0.3, -0.25) is 4.79 Å². The summed E-state index contributed by atoms with van der Waals surface area (Å²) < 4.78 is 26.8. The van der Waals surface area contributed by atoms with Crippen molar-refractivity contribution in [3.63, 3.8) is 0 Å². The van der Waals surface area contributed by atoms with Crippen LogP contribution in [0.5, 0.6) is 0 Å². The molecule has 0 atom stereocenters. The van der Waals surface area contributed by atoms with E-state index in [2.05, 4.69) is 15.4 Å². The molecule has 1 aromatic rings. The SMILES string of the molecule is CCNCCNC(=O)c1cccc(S(=O)(=O)NC2CC2)c1. The largest absolute Gasteiger partial charge is 0.351 e. The zero-order valence-electron chi connectivity index (χ0n) is 12.1. The van der Waals surface area contributed by atoms with E-state index in [0.29, 0.717) is 18.7 Å². The number of carbonyl (C=O) groups excluding carboxylic acids is 1. The van der Waals surface area contributed by atoms with Crippen LogP contribution in [0.3, 0.4) is 0 Å². The number of hydrogen-bond donors (Lipinski definition) is 3. The van der Waals surface area contributed by atoms with Crippen LogP contribution in [0.2, 0.25) is 0 Å². The monoisotopic (exact) mass is 311 g/mol. The molecule has 0 radical (unpaired) electrons. The maximum atomic E-state index is 12.1. The molecule has 0 unspecified atom stereocenters. The third-order valence-electron chi connectivity index (χ3n) is 3.14. The first-order chi connectivity index (χ1) is 10.0. The predicted molar refractivity (Wildman–Crippen MR) is 80.7 cm³/mol. The minimum absolute atomic E-state index is 0.0487. The second-order valence-corrected chi connectivity index (χ2v) is 6.75. The minimum atomic E-state index is -3.52. The quantitative estimate of drug-likeness (QED) is 0.609. The first-order valence-electron chi connectivity index (χ1n) is 7.14. The molecule has 1 aliphatic rings. The summed E-state index contributed by atoms with van der Waals surface area (Å²) in [4.78, 5) is 12.1. The van der Waals surface area contributed by atoms with E-state index in [9.17, 15) is 13.2 Å². The van der Waals surface area contributed by atoms with Crippen molar-refractivity contribution < 1.29 is 13.2 Å². The summed E-state index contributed by atoms with van der Waals surface area (Å²) in [5, 5.41) is 5.85. The molecular formula is C14H21N3O3S. The van der Waals surface area contributed by atoms with Gasteiger partial charge in [0.05, 0.1) is 4.90 Å². The van der Waals surface area contributed by atoms with Gasteiger partial charge in [0, 0.05) is 24.7 Å². The van der Waals surface area contributed by atoms with Crippen molar-refractivity contribution >= 4 is 15.9 Å². The van der Waals surface area contributed by atoms with E-state index in [1.807, 2.05) is 6.92 Å². The number of hydrogen-bond acceptors (Lipinski definition) is 4. The lowest BCUT2D eigenvalue weighted by Crippen LogP contribution is -2.32. The molecule has 1 aliphatic carbocycles. The zero-order valence-corrected chi connectivity index (χ0v) is 12.9. The number of likely N-dealkylation sites (N-methyl/N-ethyl adjacent to an activating group) is 1. The lowest BCUT2D eigenvalue weighted by Gasteiger charge is -2.08. The summed E-state index contributed by atoms with van der Waals surface area (Å²) >= 11 is 0. The van der Waals surface area contributed by atoms with Crippen molar-refractivity contribution in [2.75, 3.05) is 19.6 Å². The number of rotatable bonds is 8. The predicted octanol–water partition coefficient (Wildman–Crippen LogP) is 0.467. The third-order valence-corrected chi connectivity index (χ3v) is 4.66. The number of carbonyl (C=O) groups is 1. The van der Waals surface area contributed by atoms with E-state index in [4.69, 9.17) is 0 Å². The van der Waals surface area contributed by atoms with Crippen molar-refractivity contribution in [1.29, 1.82) is 0 Å². The van der Waals surface area contributed by atoms with Gasteiger partial charge in [0.15, 0.2) is 0 Å². The Hall–Kier alpha value is -1.44. The van der Waals surface area contributed by atoms with E-state index in [1.54, 1.807) is 12.1 Å². The molecule has 0 saturated heterocycles. The molecule has 1 saturated carbocycles. The third kappa shape index (κ3) is 4.80. The number of amides is 1. The number of benzene rings is 1. The van der Waals surface area contributed by atoms with E-state index in [0.717, 1.165) is 19.4 Å². The highest BCUT2D eigenvalue weighted by Crippen LogP contribution is 2.22. The Morgan fingerprint density at radius 2 is 2.05 bits per heavy atom. The molecule has 0 bridgehead atoms. The molecule has 2 rings (SSSR count). The summed E-state index contributed by atoms with van der Waals surface area (Å²) in [6.45, 7) is 4.02. The smallest absolute Gasteiger partial charge is 0.251 e. The maximum absolute atomic E-state index is 12.1. The van der Waals surface area contributed by atoms with Crippen LogP contribution in [-0.4, -0.2) is 40.0 Å². The molecule has 6 nitrogen and oxygen atoms in total. The van der Waals surface area contributed by atoms with Crippen LogP contribution in [-0.2, 0) is 10.0 Å². The lowest BCUT2D eigenvalue weighted by atomic mass is 10.2. The van der Waals surface area contributed by atoms with Crippen LogP contribution in [0, 0.1) is 0 Å². The molecule has 1 amide bonds. The van der Waals surface area contributed by atoms with Gasteiger partial charge in [-0.05, 0) is 37.6 Å². The molecule has 1 fully saturated rings. The van der Waals surface area contributed by atoms with Crippen LogP contribution >= 0.6 is 0 Å². The van der Waals surface area contributed by atoms with E-state index < -0.39 is 10.0 Å². The molecule has 116 valence electrons. The molecule has 1 aromatic carbocycles. The topological polar surface area (TPSA) is 87.3 Å². The van der Waals surface area contributed by atoms with Gasteiger partial charge in [-0.15, -0.1) is 0 Å². The normalized spacial score (nSPS) is 14.9. The first kappa shape index (κ1) is 15.9. The van der Waals surface area contributed by atoms with E-state index >= 15 is 0 Å². The molecule has 0 aliphatic heterocycles. The number of nitrogens with one attached hydrogen (secondary N) is 3. The van der Waals surface area contributed by atoms with Crippen molar-refractivity contribution in [3.8, 4) is 0 Å². The van der Waals surface area contributed by atoms with Crippen LogP contribution in [0.15, 0.2) is 29.2 Å². The van der Waals surface area contributed by atoms with Crippen LogP contribution in [0.25, 0.3) is 0 Å². The van der Waals surface area contributed by atoms with Crippen LogP contribution < -0.4 is 15.4 Å². The Labute approximate surface area is 125 Å². The molecule has 21 heavy (non-hydrogen) atoms. The summed E-state index contributed by atoms with van der Waals surface area (Å²) in [5.41, 5.74) is 0.352. The van der Waals surface area contributed by atoms with Crippen LogP contribution in [0.4, 0.5) is 0 Å². The Kier molecular flexibility index (Phi) is 5.33. The van der Waals surface area contributed by atoms with Crippen LogP contribution in [0.1, 0.15) is 30.1 Å². The zero-order chi connectivity index (χ0) is 15.3. The van der Waals surface area contributed by atoms with Gasteiger partial charge in [-0.2, -0.15) is 0 Å². The molecular weight excluding hydrogens is 290 g/mol. The highest BCUT2D eigenvalue weighted by atomic mass is 32.2. The first-order valence-corrected chi connectivity index (χ1v) is 8.62. The summed E-state index contributed by atoms with van der Waals surface area (Å²) in [7, 11) is -3.52. The summed E-state index contributed by atoms with van der Waals surface area (Å²) in [5.74, 6) is -0.267. The van der Waals surface area contributed by atoms with E-state index in [1.165, 1.54) is 12.1 Å². The van der Waals surface area contributed by atoms with Crippen molar-refractivity contribution in [2.24, 2.45) is 0 Å². The molecule has 0 spiro atoms. The molecule has 3 N–H and O–H groups in total. The Morgan fingerprint density at radius 3 is 2.71 bits per heavy atom. The minimum Gasteiger partial charge on any atom is -0.351 e. The average molecular weight is 311 g/mol. The molecule has 0 heterocycles. The van der Waals surface area contributed by atoms with Gasteiger partial charge in [-0.25, -0.2) is 13.1 Å². The number of sulfonamides is 1. The van der Waals surface area contributed by atoms with Gasteiger partial charge >= 0.3 is 0 Å². The van der Waals surface area contributed by atoms with Crippen molar-refractivity contribution in [3.05, 3.63) is 29.8 Å². The highest BCUT2D eigenvalue weighted by molar-refractivity contribution is 7.89. The molecule has 0 aromatic heterocycles. The highest BCUT2D eigenvalue weighted by Gasteiger charge is 2.28. The summed E-state index contributed by atoms with van der Waals surface area (Å²) in [6.07, 6.45) is 1.76. The Morgan fingerprint density at radius 1 is 1.29 bits per heavy atom. The fourth-order valence-corrected chi connectivity index (χ4v) is 3.19. The fraction of sp³-hybridized carbons (Fsp3) is 0.500. The molecule has 7 heteroatoms. The van der Waals surface area contributed by atoms with Gasteiger partial charge in [0.1, 0.15) is 0 Å². The van der Waals surface area contributed by atoms with Crippen molar-refractivity contribution in [2.45, 2.75) is 30.7 Å². The van der Waals surface area contributed by atoms with E-state index in [-0.39, 0.29) is 16.8 Å².